The second-order valence-corrected chi connectivity index (χ2v) is 3.20. The molecule has 0 fully saturated rings. The fourth-order valence-corrected chi connectivity index (χ4v) is 1.22. The molecule has 102 valence electrons. The molecule has 0 atom stereocenters. The number of hydrogen-bond acceptors (Lipinski definition) is 5. The quantitative estimate of drug-likeness (QED) is 0.338. The van der Waals surface area contributed by atoms with Crippen LogP contribution in [0.1, 0.15) is 5.56 Å². The monoisotopic (exact) mass is 267 g/mol. The molecule has 3 N–H and O–H groups in total. The van der Waals surface area contributed by atoms with Crippen LogP contribution in [0.15, 0.2) is 28.4 Å². The third-order valence-electron chi connectivity index (χ3n) is 2.01. The number of guanidine groups is 1. The molecule has 9 heteroatoms. The van der Waals surface area contributed by atoms with E-state index in [-0.39, 0.29) is 0 Å². The predicted octanol–water partition coefficient (Wildman–Crippen LogP) is 0.134. The number of ether oxygens (including phenoxy) is 2. The zero-order valence-corrected chi connectivity index (χ0v) is 10.4. The number of nitrogens with two attached hydrogens (primary N) is 1. The lowest BCUT2D eigenvalue weighted by atomic mass is 10.2. The van der Waals surface area contributed by atoms with Gasteiger partial charge in [-0.1, -0.05) is 0 Å². The lowest BCUT2D eigenvalue weighted by Gasteiger charge is -2.06. The highest BCUT2D eigenvalue weighted by atomic mass is 16.7. The summed E-state index contributed by atoms with van der Waals surface area (Å²) in [5.74, 6) is 0.758. The molecule has 0 aliphatic carbocycles. The Morgan fingerprint density at radius 1 is 1.47 bits per heavy atom. The van der Waals surface area contributed by atoms with Crippen LogP contribution in [0, 0.1) is 10.1 Å². The first-order valence-corrected chi connectivity index (χ1v) is 5.06. The molecule has 0 heterocycles. The lowest BCUT2D eigenvalue weighted by molar-refractivity contribution is -0.485. The van der Waals surface area contributed by atoms with Gasteiger partial charge in [-0.15, -0.1) is 0 Å². The van der Waals surface area contributed by atoms with Gasteiger partial charge < -0.3 is 15.2 Å². The second-order valence-electron chi connectivity index (χ2n) is 3.20. The third-order valence-corrected chi connectivity index (χ3v) is 2.01. The first-order chi connectivity index (χ1) is 9.06. The summed E-state index contributed by atoms with van der Waals surface area (Å²) in [4.78, 5) is 10.0. The van der Waals surface area contributed by atoms with Crippen molar-refractivity contribution in [3.63, 3.8) is 0 Å². The summed E-state index contributed by atoms with van der Waals surface area (Å²) in [6, 6.07) is 5.12. The van der Waals surface area contributed by atoms with Gasteiger partial charge in [0.2, 0.25) is 0 Å². The lowest BCUT2D eigenvalue weighted by Crippen LogP contribution is -2.28. The van der Waals surface area contributed by atoms with E-state index in [0.29, 0.717) is 17.1 Å². The van der Waals surface area contributed by atoms with Gasteiger partial charge in [0, 0.05) is 5.56 Å². The molecule has 1 aromatic rings. The Hall–Kier alpha value is -2.84. The van der Waals surface area contributed by atoms with Crippen LogP contribution >= 0.6 is 0 Å². The van der Waals surface area contributed by atoms with E-state index in [1.807, 2.05) is 0 Å². The number of methoxy groups -OCH3 is 2. The Balaban J connectivity index is 2.83. The Morgan fingerprint density at radius 2 is 2.21 bits per heavy atom. The average molecular weight is 267 g/mol. The molecule has 0 radical (unpaired) electrons. The summed E-state index contributed by atoms with van der Waals surface area (Å²) >= 11 is 0. The minimum Gasteiger partial charge on any atom is -0.497 e. The largest absolute Gasteiger partial charge is 0.497 e. The van der Waals surface area contributed by atoms with Crippen molar-refractivity contribution in [2.24, 2.45) is 15.9 Å². The van der Waals surface area contributed by atoms with Crippen LogP contribution in [0.2, 0.25) is 0 Å². The Labute approximate surface area is 108 Å². The number of hydrazone groups is 2. The highest BCUT2D eigenvalue weighted by Gasteiger charge is 2.02. The number of benzene rings is 1. The van der Waals surface area contributed by atoms with Crippen molar-refractivity contribution >= 4 is 12.2 Å². The Bertz CT molecular complexity index is 515. The summed E-state index contributed by atoms with van der Waals surface area (Å²) in [5.41, 5.74) is 8.02. The normalized spacial score (nSPS) is 11.4. The smallest absolute Gasteiger partial charge is 0.286 e. The maximum Gasteiger partial charge on any atom is 0.286 e. The Morgan fingerprint density at radius 3 is 2.79 bits per heavy atom. The third kappa shape index (κ3) is 4.50. The summed E-state index contributed by atoms with van der Waals surface area (Å²) in [5, 5.41) is 15.6. The molecule has 0 unspecified atom stereocenters. The van der Waals surface area contributed by atoms with E-state index in [1.165, 1.54) is 20.4 Å². The highest BCUT2D eigenvalue weighted by Crippen LogP contribution is 2.22. The zero-order valence-electron chi connectivity index (χ0n) is 10.4. The topological polar surface area (TPSA) is 124 Å². The molecule has 0 amide bonds. The number of nitro groups is 1. The standard InChI is InChI=1S/C10H13N5O4/c1-18-8-3-4-9(19-2)7(5-8)6-12-13-10(11)14-15(16)17/h3-6H,1-2H3,(H3,11,13,14). The van der Waals surface area contributed by atoms with Crippen LogP contribution in [0.3, 0.4) is 0 Å². The maximum absolute atomic E-state index is 10.0. The van der Waals surface area contributed by atoms with Crippen molar-refractivity contribution in [2.45, 2.75) is 0 Å². The fourth-order valence-electron chi connectivity index (χ4n) is 1.22. The molecular weight excluding hydrogens is 254 g/mol. The van der Waals surface area contributed by atoms with E-state index in [0.717, 1.165) is 0 Å². The van der Waals surface area contributed by atoms with Crippen LogP contribution < -0.4 is 20.6 Å². The van der Waals surface area contributed by atoms with Crippen molar-refractivity contribution in [3.05, 3.63) is 33.9 Å². The van der Waals surface area contributed by atoms with E-state index in [4.69, 9.17) is 15.2 Å². The molecule has 1 rings (SSSR count). The predicted molar refractivity (Wildman–Crippen MR) is 68.9 cm³/mol. The van der Waals surface area contributed by atoms with Gasteiger partial charge in [0.1, 0.15) is 16.6 Å². The number of rotatable bonds is 5. The van der Waals surface area contributed by atoms with Crippen LogP contribution in [0.4, 0.5) is 0 Å². The van der Waals surface area contributed by atoms with E-state index in [9.17, 15) is 10.1 Å². The van der Waals surface area contributed by atoms with Crippen molar-refractivity contribution < 1.29 is 14.5 Å². The summed E-state index contributed by atoms with van der Waals surface area (Å²) in [6.45, 7) is 0. The molecular formula is C10H13N5O4. The van der Waals surface area contributed by atoms with E-state index >= 15 is 0 Å². The Kier molecular flexibility index (Phi) is 5.08. The fraction of sp³-hybridized carbons (Fsp3) is 0.200. The molecule has 0 saturated carbocycles. The van der Waals surface area contributed by atoms with Crippen molar-refractivity contribution in [1.82, 2.24) is 5.43 Å². The van der Waals surface area contributed by atoms with E-state index in [2.05, 4.69) is 15.6 Å². The minimum atomic E-state index is -0.927. The number of nitrogens with one attached hydrogen (secondary N) is 1. The minimum absolute atomic E-state index is 0.428. The average Bonchev–Trinajstić information content (AvgIpc) is 2.37. The van der Waals surface area contributed by atoms with Crippen molar-refractivity contribution in [3.8, 4) is 11.5 Å². The van der Waals surface area contributed by atoms with Crippen LogP contribution in [0.25, 0.3) is 0 Å². The van der Waals surface area contributed by atoms with Gasteiger partial charge in [-0.05, 0) is 18.2 Å². The molecule has 9 nitrogen and oxygen atoms in total. The van der Waals surface area contributed by atoms with E-state index in [1.54, 1.807) is 18.2 Å². The summed E-state index contributed by atoms with van der Waals surface area (Å²) in [7, 11) is 3.04. The van der Waals surface area contributed by atoms with Gasteiger partial charge in [-0.2, -0.15) is 5.10 Å². The molecule has 0 aromatic heterocycles. The SMILES string of the molecule is COc1ccc(OC)c(C=NNC(N)=N[N+](=O)[O-])c1. The highest BCUT2D eigenvalue weighted by molar-refractivity contribution is 5.86. The second kappa shape index (κ2) is 6.79. The number of nitrogens with zero attached hydrogens (tertiary/aromatic N) is 3. The van der Waals surface area contributed by atoms with Gasteiger partial charge in [-0.25, -0.2) is 15.5 Å². The maximum atomic E-state index is 10.0. The molecule has 0 aliphatic rings. The van der Waals surface area contributed by atoms with E-state index < -0.39 is 11.0 Å². The van der Waals surface area contributed by atoms with Gasteiger partial charge >= 0.3 is 0 Å². The van der Waals surface area contributed by atoms with Crippen LogP contribution in [-0.4, -0.2) is 31.4 Å². The first kappa shape index (κ1) is 14.2. The molecule has 0 aliphatic heterocycles. The molecule has 0 spiro atoms. The van der Waals surface area contributed by atoms with Crippen LogP contribution in [0.5, 0.6) is 11.5 Å². The summed E-state index contributed by atoms with van der Waals surface area (Å²) in [6.07, 6.45) is 1.38. The summed E-state index contributed by atoms with van der Waals surface area (Å²) < 4.78 is 10.2. The van der Waals surface area contributed by atoms with Gasteiger partial charge in [0.25, 0.3) is 5.96 Å². The van der Waals surface area contributed by atoms with Crippen LogP contribution in [-0.2, 0) is 0 Å². The molecule has 19 heavy (non-hydrogen) atoms. The molecule has 0 bridgehead atoms. The zero-order chi connectivity index (χ0) is 14.3. The van der Waals surface area contributed by atoms with Crippen molar-refractivity contribution in [2.75, 3.05) is 14.2 Å². The first-order valence-electron chi connectivity index (χ1n) is 5.06. The van der Waals surface area contributed by atoms with Gasteiger partial charge in [0.15, 0.2) is 5.03 Å². The number of hydrogen-bond donors (Lipinski definition) is 2. The van der Waals surface area contributed by atoms with Gasteiger partial charge in [0.05, 0.1) is 20.4 Å². The molecule has 0 saturated heterocycles. The van der Waals surface area contributed by atoms with Gasteiger partial charge in [-0.3, -0.25) is 0 Å². The van der Waals surface area contributed by atoms with Crippen molar-refractivity contribution in [1.29, 1.82) is 0 Å². The molecule has 1 aromatic carbocycles.